The number of amides is 1. The zero-order valence-electron chi connectivity index (χ0n) is 10.3. The van der Waals surface area contributed by atoms with E-state index in [-0.39, 0.29) is 18.6 Å². The molecule has 0 radical (unpaired) electrons. The van der Waals surface area contributed by atoms with Crippen molar-refractivity contribution >= 4 is 5.91 Å². The average Bonchev–Trinajstić information content (AvgIpc) is 3.02. The summed E-state index contributed by atoms with van der Waals surface area (Å²) in [5, 5.41) is 12.7. The van der Waals surface area contributed by atoms with E-state index in [1.165, 1.54) is 0 Å². The highest BCUT2D eigenvalue weighted by molar-refractivity contribution is 5.79. The number of likely N-dealkylation sites (tertiary alicyclic amines) is 1. The summed E-state index contributed by atoms with van der Waals surface area (Å²) < 4.78 is 0. The molecule has 0 aromatic rings. The van der Waals surface area contributed by atoms with E-state index in [0.29, 0.717) is 5.91 Å². The van der Waals surface area contributed by atoms with Crippen LogP contribution in [0.4, 0.5) is 0 Å². The zero-order chi connectivity index (χ0) is 11.8. The molecule has 0 spiro atoms. The Morgan fingerprint density at radius 2 is 2.00 bits per heavy atom. The number of nitrogens with zero attached hydrogens (tertiary/aromatic N) is 1. The van der Waals surface area contributed by atoms with Crippen LogP contribution in [0.5, 0.6) is 0 Å². The number of hydrogen-bond donors (Lipinski definition) is 2. The third kappa shape index (κ3) is 1.97. The van der Waals surface area contributed by atoms with E-state index in [1.807, 2.05) is 4.90 Å². The number of rotatable bonds is 2. The predicted molar refractivity (Wildman–Crippen MR) is 64.4 cm³/mol. The number of hydrogen-bond acceptors (Lipinski definition) is 3. The fourth-order valence-electron chi connectivity index (χ4n) is 3.92. The van der Waals surface area contributed by atoms with Gasteiger partial charge in [-0.25, -0.2) is 0 Å². The Morgan fingerprint density at radius 1 is 1.29 bits per heavy atom. The van der Waals surface area contributed by atoms with Crippen molar-refractivity contribution in [3.63, 3.8) is 0 Å². The maximum atomic E-state index is 12.4. The minimum atomic E-state index is 0.0982. The van der Waals surface area contributed by atoms with Crippen molar-refractivity contribution in [1.29, 1.82) is 0 Å². The molecule has 2 N–H and O–H groups in total. The van der Waals surface area contributed by atoms with Crippen LogP contribution in [-0.2, 0) is 4.79 Å². The molecule has 4 atom stereocenters. The van der Waals surface area contributed by atoms with Gasteiger partial charge >= 0.3 is 0 Å². The van der Waals surface area contributed by atoms with Crippen LogP contribution in [0.3, 0.4) is 0 Å². The quantitative estimate of drug-likeness (QED) is 0.723. The Bertz CT molecular complexity index is 296. The standard InChI is InChI=1S/C13H22N2O2/c16-8-12-2-1-3-15(12)13(17)9-4-10-6-14-7-11(10)5-9/h9-12,14,16H,1-8H2/t9?,10-,11?,12?/m0/s1. The van der Waals surface area contributed by atoms with Gasteiger partial charge in [-0.1, -0.05) is 0 Å². The molecule has 2 aliphatic heterocycles. The third-order valence-electron chi connectivity index (χ3n) is 4.87. The number of nitrogens with one attached hydrogen (secondary N) is 1. The van der Waals surface area contributed by atoms with Gasteiger partial charge in [-0.05, 0) is 50.6 Å². The fourth-order valence-corrected chi connectivity index (χ4v) is 3.92. The SMILES string of the molecule is O=C(C1CC2CNC[C@@H]2C1)N1CCCC1CO. The number of aliphatic hydroxyl groups is 1. The zero-order valence-corrected chi connectivity index (χ0v) is 10.3. The van der Waals surface area contributed by atoms with Crippen molar-refractivity contribution < 1.29 is 9.90 Å². The van der Waals surface area contributed by atoms with Crippen LogP contribution in [-0.4, -0.2) is 48.2 Å². The first-order valence-corrected chi connectivity index (χ1v) is 6.91. The van der Waals surface area contributed by atoms with Gasteiger partial charge < -0.3 is 15.3 Å². The molecule has 1 aliphatic carbocycles. The van der Waals surface area contributed by atoms with E-state index < -0.39 is 0 Å². The normalized spacial score (nSPS) is 40.9. The molecule has 1 saturated carbocycles. The molecule has 3 fully saturated rings. The minimum Gasteiger partial charge on any atom is -0.394 e. The van der Waals surface area contributed by atoms with Gasteiger partial charge in [0.1, 0.15) is 0 Å². The van der Waals surface area contributed by atoms with E-state index in [4.69, 9.17) is 0 Å². The van der Waals surface area contributed by atoms with Crippen LogP contribution in [0.2, 0.25) is 0 Å². The molecule has 96 valence electrons. The van der Waals surface area contributed by atoms with Gasteiger partial charge in [-0.15, -0.1) is 0 Å². The second-order valence-electron chi connectivity index (χ2n) is 5.86. The van der Waals surface area contributed by atoms with Crippen molar-refractivity contribution in [2.24, 2.45) is 17.8 Å². The molecule has 3 unspecified atom stereocenters. The van der Waals surface area contributed by atoms with Crippen LogP contribution in [0.25, 0.3) is 0 Å². The summed E-state index contributed by atoms with van der Waals surface area (Å²) in [6, 6.07) is 0.0982. The highest BCUT2D eigenvalue weighted by atomic mass is 16.3. The first-order chi connectivity index (χ1) is 8.29. The molecule has 0 bridgehead atoms. The Kier molecular flexibility index (Phi) is 3.09. The van der Waals surface area contributed by atoms with Gasteiger partial charge in [0.05, 0.1) is 12.6 Å². The summed E-state index contributed by atoms with van der Waals surface area (Å²) in [7, 11) is 0. The van der Waals surface area contributed by atoms with Crippen molar-refractivity contribution in [2.75, 3.05) is 26.2 Å². The molecule has 2 heterocycles. The molecular weight excluding hydrogens is 216 g/mol. The Hall–Kier alpha value is -0.610. The smallest absolute Gasteiger partial charge is 0.226 e. The largest absolute Gasteiger partial charge is 0.394 e. The molecule has 2 saturated heterocycles. The number of carbonyl (C=O) groups excluding carboxylic acids is 1. The van der Waals surface area contributed by atoms with Gasteiger partial charge in [0.2, 0.25) is 5.91 Å². The van der Waals surface area contributed by atoms with E-state index in [1.54, 1.807) is 0 Å². The lowest BCUT2D eigenvalue weighted by Gasteiger charge is -2.26. The highest BCUT2D eigenvalue weighted by Gasteiger charge is 2.43. The Labute approximate surface area is 102 Å². The minimum absolute atomic E-state index is 0.0982. The molecule has 3 aliphatic rings. The van der Waals surface area contributed by atoms with Crippen LogP contribution in [0.15, 0.2) is 0 Å². The summed E-state index contributed by atoms with van der Waals surface area (Å²) in [6.45, 7) is 3.18. The Morgan fingerprint density at radius 3 is 2.65 bits per heavy atom. The van der Waals surface area contributed by atoms with Crippen LogP contribution in [0, 0.1) is 17.8 Å². The lowest BCUT2D eigenvalue weighted by atomic mass is 10.0. The molecule has 0 aromatic heterocycles. The molecule has 0 aromatic carbocycles. The third-order valence-corrected chi connectivity index (χ3v) is 4.87. The van der Waals surface area contributed by atoms with Gasteiger partial charge in [0.25, 0.3) is 0 Å². The lowest BCUT2D eigenvalue weighted by molar-refractivity contribution is -0.137. The second-order valence-corrected chi connectivity index (χ2v) is 5.86. The monoisotopic (exact) mass is 238 g/mol. The van der Waals surface area contributed by atoms with Crippen molar-refractivity contribution in [1.82, 2.24) is 10.2 Å². The molecule has 17 heavy (non-hydrogen) atoms. The number of fused-ring (bicyclic) bond motifs is 1. The molecule has 1 amide bonds. The molecular formula is C13H22N2O2. The van der Waals surface area contributed by atoms with E-state index in [9.17, 15) is 9.90 Å². The summed E-state index contributed by atoms with van der Waals surface area (Å²) in [4.78, 5) is 14.4. The molecule has 4 heteroatoms. The van der Waals surface area contributed by atoms with Gasteiger partial charge in [-0.2, -0.15) is 0 Å². The molecule has 4 nitrogen and oxygen atoms in total. The van der Waals surface area contributed by atoms with Crippen molar-refractivity contribution in [3.8, 4) is 0 Å². The number of carbonyl (C=O) groups is 1. The van der Waals surface area contributed by atoms with Crippen LogP contribution < -0.4 is 5.32 Å². The number of aliphatic hydroxyl groups excluding tert-OH is 1. The van der Waals surface area contributed by atoms with Gasteiger partial charge in [0.15, 0.2) is 0 Å². The summed E-state index contributed by atoms with van der Waals surface area (Å²) in [6.07, 6.45) is 4.15. The maximum Gasteiger partial charge on any atom is 0.226 e. The first kappa shape index (κ1) is 11.5. The predicted octanol–water partition coefficient (Wildman–Crippen LogP) is 0.215. The first-order valence-electron chi connectivity index (χ1n) is 6.91. The van der Waals surface area contributed by atoms with Crippen molar-refractivity contribution in [2.45, 2.75) is 31.7 Å². The maximum absolute atomic E-state index is 12.4. The van der Waals surface area contributed by atoms with E-state index in [2.05, 4.69) is 5.32 Å². The van der Waals surface area contributed by atoms with E-state index >= 15 is 0 Å². The summed E-state index contributed by atoms with van der Waals surface area (Å²) >= 11 is 0. The van der Waals surface area contributed by atoms with Gasteiger partial charge in [-0.3, -0.25) is 4.79 Å². The van der Waals surface area contributed by atoms with Crippen molar-refractivity contribution in [3.05, 3.63) is 0 Å². The Balaban J connectivity index is 1.63. The fraction of sp³-hybridized carbons (Fsp3) is 0.923. The van der Waals surface area contributed by atoms with E-state index in [0.717, 1.165) is 57.2 Å². The van der Waals surface area contributed by atoms with Gasteiger partial charge in [0, 0.05) is 12.5 Å². The van der Waals surface area contributed by atoms with Crippen LogP contribution in [0.1, 0.15) is 25.7 Å². The molecule has 3 rings (SSSR count). The summed E-state index contributed by atoms with van der Waals surface area (Å²) in [5.74, 6) is 1.99. The topological polar surface area (TPSA) is 52.6 Å². The summed E-state index contributed by atoms with van der Waals surface area (Å²) in [5.41, 5.74) is 0. The second kappa shape index (κ2) is 4.58. The lowest BCUT2D eigenvalue weighted by Crippen LogP contribution is -2.41. The highest BCUT2D eigenvalue weighted by Crippen LogP contribution is 2.40. The average molecular weight is 238 g/mol. The van der Waals surface area contributed by atoms with Crippen LogP contribution >= 0.6 is 0 Å².